The predicted octanol–water partition coefficient (Wildman–Crippen LogP) is 3.08. The van der Waals surface area contributed by atoms with Gasteiger partial charge in [0, 0.05) is 29.9 Å². The molecule has 122 valence electrons. The first-order valence-corrected chi connectivity index (χ1v) is 7.64. The SMILES string of the molecule is CNCc1ccc(OCC(=O)O)c(-c2cccc3cnccc23)c1. The summed E-state index contributed by atoms with van der Waals surface area (Å²) in [5.74, 6) is -0.441. The number of pyridine rings is 1. The largest absolute Gasteiger partial charge is 0.481 e. The number of benzene rings is 2. The number of nitrogens with zero attached hydrogens (tertiary/aromatic N) is 1. The molecule has 0 spiro atoms. The molecule has 2 aromatic carbocycles. The highest BCUT2D eigenvalue weighted by Gasteiger charge is 2.12. The Morgan fingerprint density at radius 2 is 2.08 bits per heavy atom. The Labute approximate surface area is 139 Å². The van der Waals surface area contributed by atoms with Crippen LogP contribution in [0.25, 0.3) is 21.9 Å². The standard InChI is InChI=1S/C19H18N2O3/c1-20-10-13-5-6-18(24-12-19(22)23)17(9-13)16-4-2-3-14-11-21-8-7-15(14)16/h2-9,11,20H,10,12H2,1H3,(H,22,23). The molecule has 0 aliphatic heterocycles. The summed E-state index contributed by atoms with van der Waals surface area (Å²) in [6, 6.07) is 13.7. The number of hydrogen-bond acceptors (Lipinski definition) is 4. The van der Waals surface area contributed by atoms with Crippen LogP contribution in [0.5, 0.6) is 5.75 Å². The molecule has 0 unspecified atom stereocenters. The van der Waals surface area contributed by atoms with Crippen LogP contribution in [0.4, 0.5) is 0 Å². The van der Waals surface area contributed by atoms with Crippen LogP contribution in [0.2, 0.25) is 0 Å². The van der Waals surface area contributed by atoms with Crippen molar-refractivity contribution in [2.24, 2.45) is 0 Å². The van der Waals surface area contributed by atoms with E-state index in [0.29, 0.717) is 5.75 Å². The number of carboxylic acid groups (broad SMARTS) is 1. The summed E-state index contributed by atoms with van der Waals surface area (Å²) in [6.07, 6.45) is 3.56. The van der Waals surface area contributed by atoms with Crippen molar-refractivity contribution in [3.63, 3.8) is 0 Å². The van der Waals surface area contributed by atoms with E-state index in [2.05, 4.69) is 10.3 Å². The van der Waals surface area contributed by atoms with Crippen molar-refractivity contribution < 1.29 is 14.6 Å². The lowest BCUT2D eigenvalue weighted by Crippen LogP contribution is -2.10. The van der Waals surface area contributed by atoms with Gasteiger partial charge in [0.15, 0.2) is 6.61 Å². The third-order valence-electron chi connectivity index (χ3n) is 3.75. The van der Waals surface area contributed by atoms with E-state index in [4.69, 9.17) is 9.84 Å². The normalized spacial score (nSPS) is 10.7. The van der Waals surface area contributed by atoms with Gasteiger partial charge in [-0.25, -0.2) is 4.79 Å². The fourth-order valence-corrected chi connectivity index (χ4v) is 2.72. The van der Waals surface area contributed by atoms with Crippen molar-refractivity contribution in [1.29, 1.82) is 0 Å². The van der Waals surface area contributed by atoms with E-state index in [1.807, 2.05) is 55.7 Å². The smallest absolute Gasteiger partial charge is 0.341 e. The van der Waals surface area contributed by atoms with Crippen LogP contribution in [0.1, 0.15) is 5.56 Å². The predicted molar refractivity (Wildman–Crippen MR) is 93.1 cm³/mol. The first-order valence-electron chi connectivity index (χ1n) is 7.64. The van der Waals surface area contributed by atoms with Crippen LogP contribution >= 0.6 is 0 Å². The fraction of sp³-hybridized carbons (Fsp3) is 0.158. The maximum absolute atomic E-state index is 10.9. The van der Waals surface area contributed by atoms with Crippen LogP contribution in [-0.2, 0) is 11.3 Å². The second-order valence-corrected chi connectivity index (χ2v) is 5.45. The lowest BCUT2D eigenvalue weighted by Gasteiger charge is -2.14. The molecule has 0 aliphatic carbocycles. The number of hydrogen-bond donors (Lipinski definition) is 2. The molecule has 1 heterocycles. The molecule has 24 heavy (non-hydrogen) atoms. The molecule has 0 saturated carbocycles. The first kappa shape index (κ1) is 16.0. The van der Waals surface area contributed by atoms with Crippen molar-refractivity contribution in [2.45, 2.75) is 6.54 Å². The Morgan fingerprint density at radius 3 is 2.88 bits per heavy atom. The quantitative estimate of drug-likeness (QED) is 0.730. The highest BCUT2D eigenvalue weighted by Crippen LogP contribution is 2.35. The molecule has 5 heteroatoms. The van der Waals surface area contributed by atoms with E-state index in [0.717, 1.165) is 34.0 Å². The van der Waals surface area contributed by atoms with Crippen LogP contribution in [0.15, 0.2) is 54.9 Å². The minimum absolute atomic E-state index is 0.370. The zero-order valence-corrected chi connectivity index (χ0v) is 13.3. The molecule has 1 aromatic heterocycles. The molecule has 0 radical (unpaired) electrons. The Morgan fingerprint density at radius 1 is 1.21 bits per heavy atom. The van der Waals surface area contributed by atoms with E-state index >= 15 is 0 Å². The van der Waals surface area contributed by atoms with Gasteiger partial charge in [-0.15, -0.1) is 0 Å². The van der Waals surface area contributed by atoms with Gasteiger partial charge < -0.3 is 15.2 Å². The van der Waals surface area contributed by atoms with Gasteiger partial charge >= 0.3 is 5.97 Å². The number of carboxylic acids is 1. The molecule has 3 rings (SSSR count). The van der Waals surface area contributed by atoms with Crippen LogP contribution in [0.3, 0.4) is 0 Å². The van der Waals surface area contributed by atoms with Gasteiger partial charge in [-0.2, -0.15) is 0 Å². The van der Waals surface area contributed by atoms with Gasteiger partial charge in [-0.3, -0.25) is 4.98 Å². The summed E-state index contributed by atoms with van der Waals surface area (Å²) in [5, 5.41) is 14.1. The van der Waals surface area contributed by atoms with E-state index in [9.17, 15) is 4.79 Å². The van der Waals surface area contributed by atoms with Crippen molar-refractivity contribution in [1.82, 2.24) is 10.3 Å². The number of aliphatic carboxylic acids is 1. The first-order chi connectivity index (χ1) is 11.7. The number of nitrogens with one attached hydrogen (secondary N) is 1. The fourth-order valence-electron chi connectivity index (χ4n) is 2.72. The summed E-state index contributed by atoms with van der Waals surface area (Å²) in [4.78, 5) is 15.0. The van der Waals surface area contributed by atoms with E-state index < -0.39 is 5.97 Å². The van der Waals surface area contributed by atoms with Crippen molar-refractivity contribution >= 4 is 16.7 Å². The second-order valence-electron chi connectivity index (χ2n) is 5.45. The lowest BCUT2D eigenvalue weighted by atomic mass is 9.97. The molecule has 0 aliphatic rings. The molecular formula is C19H18N2O3. The van der Waals surface area contributed by atoms with Crippen LogP contribution in [-0.4, -0.2) is 29.7 Å². The van der Waals surface area contributed by atoms with Crippen LogP contribution < -0.4 is 10.1 Å². The molecule has 0 amide bonds. The number of rotatable bonds is 6. The summed E-state index contributed by atoms with van der Waals surface area (Å²) in [6.45, 7) is 0.350. The van der Waals surface area contributed by atoms with Gasteiger partial charge in [0.05, 0.1) is 0 Å². The maximum atomic E-state index is 10.9. The Kier molecular flexibility index (Phi) is 4.72. The third kappa shape index (κ3) is 3.36. The highest BCUT2D eigenvalue weighted by molar-refractivity contribution is 5.97. The number of fused-ring (bicyclic) bond motifs is 1. The highest BCUT2D eigenvalue weighted by atomic mass is 16.5. The van der Waals surface area contributed by atoms with Gasteiger partial charge in [0.25, 0.3) is 0 Å². The van der Waals surface area contributed by atoms with E-state index in [1.54, 1.807) is 6.20 Å². The monoisotopic (exact) mass is 322 g/mol. The Bertz CT molecular complexity index is 872. The molecule has 2 N–H and O–H groups in total. The molecule has 5 nitrogen and oxygen atoms in total. The van der Waals surface area contributed by atoms with Crippen molar-refractivity contribution in [2.75, 3.05) is 13.7 Å². The lowest BCUT2D eigenvalue weighted by molar-refractivity contribution is -0.139. The number of carbonyl (C=O) groups is 1. The molecule has 0 bridgehead atoms. The minimum Gasteiger partial charge on any atom is -0.481 e. The van der Waals surface area contributed by atoms with E-state index in [-0.39, 0.29) is 6.61 Å². The minimum atomic E-state index is -0.998. The number of aromatic nitrogens is 1. The zero-order chi connectivity index (χ0) is 16.9. The molecule has 3 aromatic rings. The summed E-state index contributed by atoms with van der Waals surface area (Å²) < 4.78 is 5.50. The second kappa shape index (κ2) is 7.10. The topological polar surface area (TPSA) is 71.5 Å². The van der Waals surface area contributed by atoms with Gasteiger partial charge in [0.2, 0.25) is 0 Å². The number of ether oxygens (including phenoxy) is 1. The average molecular weight is 322 g/mol. The third-order valence-corrected chi connectivity index (χ3v) is 3.75. The Balaban J connectivity index is 2.15. The van der Waals surface area contributed by atoms with E-state index in [1.165, 1.54) is 0 Å². The van der Waals surface area contributed by atoms with Gasteiger partial charge in [0.1, 0.15) is 5.75 Å². The van der Waals surface area contributed by atoms with Crippen molar-refractivity contribution in [3.8, 4) is 16.9 Å². The maximum Gasteiger partial charge on any atom is 0.341 e. The van der Waals surface area contributed by atoms with Crippen molar-refractivity contribution in [3.05, 3.63) is 60.4 Å². The zero-order valence-electron chi connectivity index (χ0n) is 13.3. The van der Waals surface area contributed by atoms with Gasteiger partial charge in [-0.05, 0) is 41.8 Å². The average Bonchev–Trinajstić information content (AvgIpc) is 2.60. The van der Waals surface area contributed by atoms with Gasteiger partial charge in [-0.1, -0.05) is 24.3 Å². The molecular weight excluding hydrogens is 304 g/mol. The molecule has 0 atom stereocenters. The Hall–Kier alpha value is -2.92. The molecule has 0 fully saturated rings. The summed E-state index contributed by atoms with van der Waals surface area (Å²) >= 11 is 0. The summed E-state index contributed by atoms with van der Waals surface area (Å²) in [5.41, 5.74) is 2.97. The summed E-state index contributed by atoms with van der Waals surface area (Å²) in [7, 11) is 1.89. The molecule has 0 saturated heterocycles. The van der Waals surface area contributed by atoms with Crippen LogP contribution in [0, 0.1) is 0 Å².